The summed E-state index contributed by atoms with van der Waals surface area (Å²) >= 11 is 0. The lowest BCUT2D eigenvalue weighted by molar-refractivity contribution is -0.127. The first-order valence-electron chi connectivity index (χ1n) is 7.04. The summed E-state index contributed by atoms with van der Waals surface area (Å²) in [7, 11) is 0. The van der Waals surface area contributed by atoms with Gasteiger partial charge in [-0.25, -0.2) is 0 Å². The molecule has 2 atom stereocenters. The van der Waals surface area contributed by atoms with Crippen molar-refractivity contribution in [2.45, 2.75) is 46.8 Å². The molecular formula is C16H25NO3. The predicted octanol–water partition coefficient (Wildman–Crippen LogP) is 2.59. The summed E-state index contributed by atoms with van der Waals surface area (Å²) in [6.07, 6.45) is -1.22. The summed E-state index contributed by atoms with van der Waals surface area (Å²) in [5.74, 6) is 0.821. The molecule has 1 rings (SSSR count). The standard InChI is InChI=1S/C16H25NO3/c1-10(2)9-17-16(19)13(5)20-15-8-11(3)6-7-14(15)12(4)18/h6-8,10,12-13,18H,9H2,1-5H3,(H,17,19). The second-order valence-electron chi connectivity index (χ2n) is 5.62. The third-order valence-electron chi connectivity index (χ3n) is 2.98. The molecule has 1 amide bonds. The highest BCUT2D eigenvalue weighted by atomic mass is 16.5. The first-order valence-corrected chi connectivity index (χ1v) is 7.04. The molecule has 1 aromatic rings. The van der Waals surface area contributed by atoms with E-state index in [0.717, 1.165) is 5.56 Å². The number of aliphatic hydroxyl groups excluding tert-OH is 1. The number of aliphatic hydroxyl groups is 1. The molecule has 0 aliphatic carbocycles. The highest BCUT2D eigenvalue weighted by Crippen LogP contribution is 2.27. The van der Waals surface area contributed by atoms with Gasteiger partial charge in [-0.05, 0) is 38.3 Å². The van der Waals surface area contributed by atoms with Gasteiger partial charge in [0, 0.05) is 12.1 Å². The van der Waals surface area contributed by atoms with E-state index in [1.165, 1.54) is 0 Å². The Kier molecular flexibility index (Phi) is 6.02. The van der Waals surface area contributed by atoms with Crippen LogP contribution in [0.25, 0.3) is 0 Å². The molecule has 0 aromatic heterocycles. The Morgan fingerprint density at radius 1 is 1.30 bits per heavy atom. The molecule has 4 nitrogen and oxygen atoms in total. The number of hydrogen-bond donors (Lipinski definition) is 2. The summed E-state index contributed by atoms with van der Waals surface area (Å²) in [5.41, 5.74) is 1.72. The minimum atomic E-state index is -0.628. The van der Waals surface area contributed by atoms with Crippen LogP contribution in [-0.2, 0) is 4.79 Å². The van der Waals surface area contributed by atoms with Crippen LogP contribution in [0.15, 0.2) is 18.2 Å². The fourth-order valence-electron chi connectivity index (χ4n) is 1.78. The Morgan fingerprint density at radius 3 is 2.50 bits per heavy atom. The van der Waals surface area contributed by atoms with Gasteiger partial charge in [0.1, 0.15) is 5.75 Å². The van der Waals surface area contributed by atoms with Crippen molar-refractivity contribution in [1.29, 1.82) is 0 Å². The smallest absolute Gasteiger partial charge is 0.260 e. The number of aryl methyl sites for hydroxylation is 1. The van der Waals surface area contributed by atoms with Crippen molar-refractivity contribution in [3.63, 3.8) is 0 Å². The lowest BCUT2D eigenvalue weighted by atomic mass is 10.1. The lowest BCUT2D eigenvalue weighted by Crippen LogP contribution is -2.38. The third kappa shape index (κ3) is 4.85. The number of benzene rings is 1. The highest BCUT2D eigenvalue weighted by molar-refractivity contribution is 5.80. The van der Waals surface area contributed by atoms with Gasteiger partial charge in [0.2, 0.25) is 0 Å². The molecule has 0 aliphatic rings. The van der Waals surface area contributed by atoms with Crippen LogP contribution in [0.5, 0.6) is 5.75 Å². The summed E-state index contributed by atoms with van der Waals surface area (Å²) in [5, 5.41) is 12.6. The molecular weight excluding hydrogens is 254 g/mol. The second-order valence-corrected chi connectivity index (χ2v) is 5.62. The molecule has 0 saturated heterocycles. The number of nitrogens with one attached hydrogen (secondary N) is 1. The second kappa shape index (κ2) is 7.29. The summed E-state index contributed by atoms with van der Waals surface area (Å²) in [6, 6.07) is 5.58. The lowest BCUT2D eigenvalue weighted by Gasteiger charge is -2.19. The topological polar surface area (TPSA) is 58.6 Å². The van der Waals surface area contributed by atoms with Gasteiger partial charge in [-0.2, -0.15) is 0 Å². The molecule has 0 spiro atoms. The van der Waals surface area contributed by atoms with Crippen molar-refractivity contribution in [2.24, 2.45) is 5.92 Å². The van der Waals surface area contributed by atoms with Crippen molar-refractivity contribution in [1.82, 2.24) is 5.32 Å². The minimum absolute atomic E-state index is 0.142. The van der Waals surface area contributed by atoms with Gasteiger partial charge in [-0.1, -0.05) is 26.0 Å². The van der Waals surface area contributed by atoms with E-state index in [2.05, 4.69) is 5.32 Å². The summed E-state index contributed by atoms with van der Waals surface area (Å²) in [4.78, 5) is 11.9. The van der Waals surface area contributed by atoms with Crippen molar-refractivity contribution in [3.05, 3.63) is 29.3 Å². The average Bonchev–Trinajstić information content (AvgIpc) is 2.35. The van der Waals surface area contributed by atoms with Crippen LogP contribution in [0.1, 0.15) is 44.9 Å². The fourth-order valence-corrected chi connectivity index (χ4v) is 1.78. The molecule has 0 fully saturated rings. The zero-order chi connectivity index (χ0) is 15.3. The van der Waals surface area contributed by atoms with Crippen molar-refractivity contribution in [3.8, 4) is 5.75 Å². The average molecular weight is 279 g/mol. The van der Waals surface area contributed by atoms with E-state index in [1.54, 1.807) is 13.8 Å². The zero-order valence-corrected chi connectivity index (χ0v) is 12.9. The van der Waals surface area contributed by atoms with E-state index in [1.807, 2.05) is 39.0 Å². The first kappa shape index (κ1) is 16.5. The molecule has 112 valence electrons. The van der Waals surface area contributed by atoms with E-state index in [4.69, 9.17) is 4.74 Å². The Morgan fingerprint density at radius 2 is 1.95 bits per heavy atom. The van der Waals surface area contributed by atoms with Crippen LogP contribution < -0.4 is 10.1 Å². The maximum Gasteiger partial charge on any atom is 0.260 e. The van der Waals surface area contributed by atoms with E-state index >= 15 is 0 Å². The van der Waals surface area contributed by atoms with E-state index in [-0.39, 0.29) is 5.91 Å². The van der Waals surface area contributed by atoms with Gasteiger partial charge in [0.15, 0.2) is 6.10 Å². The van der Waals surface area contributed by atoms with Gasteiger partial charge in [0.05, 0.1) is 6.10 Å². The third-order valence-corrected chi connectivity index (χ3v) is 2.98. The number of amides is 1. The summed E-state index contributed by atoms with van der Waals surface area (Å²) < 4.78 is 5.71. The van der Waals surface area contributed by atoms with Crippen LogP contribution in [0.4, 0.5) is 0 Å². The van der Waals surface area contributed by atoms with Gasteiger partial charge in [0.25, 0.3) is 5.91 Å². The fraction of sp³-hybridized carbons (Fsp3) is 0.562. The Hall–Kier alpha value is -1.55. The summed E-state index contributed by atoms with van der Waals surface area (Å²) in [6.45, 7) is 10.0. The highest BCUT2D eigenvalue weighted by Gasteiger charge is 2.18. The number of hydrogen-bond acceptors (Lipinski definition) is 3. The predicted molar refractivity (Wildman–Crippen MR) is 79.8 cm³/mol. The Labute approximate surface area is 121 Å². The van der Waals surface area contributed by atoms with E-state index in [9.17, 15) is 9.90 Å². The monoisotopic (exact) mass is 279 g/mol. The molecule has 0 radical (unpaired) electrons. The van der Waals surface area contributed by atoms with Gasteiger partial charge >= 0.3 is 0 Å². The van der Waals surface area contributed by atoms with Gasteiger partial charge in [-0.15, -0.1) is 0 Å². The van der Waals surface area contributed by atoms with Crippen LogP contribution in [0.3, 0.4) is 0 Å². The van der Waals surface area contributed by atoms with Crippen LogP contribution in [-0.4, -0.2) is 23.7 Å². The van der Waals surface area contributed by atoms with Crippen LogP contribution in [0, 0.1) is 12.8 Å². The molecule has 20 heavy (non-hydrogen) atoms. The maximum absolute atomic E-state index is 11.9. The molecule has 4 heteroatoms. The molecule has 0 aliphatic heterocycles. The molecule has 0 saturated carbocycles. The molecule has 0 bridgehead atoms. The van der Waals surface area contributed by atoms with E-state index < -0.39 is 12.2 Å². The number of carbonyl (C=O) groups excluding carboxylic acids is 1. The number of ether oxygens (including phenoxy) is 1. The van der Waals surface area contributed by atoms with Crippen molar-refractivity contribution in [2.75, 3.05) is 6.54 Å². The van der Waals surface area contributed by atoms with Crippen molar-refractivity contribution >= 4 is 5.91 Å². The van der Waals surface area contributed by atoms with Crippen LogP contribution >= 0.6 is 0 Å². The van der Waals surface area contributed by atoms with Gasteiger partial charge in [-0.3, -0.25) is 4.79 Å². The largest absolute Gasteiger partial charge is 0.481 e. The molecule has 2 N–H and O–H groups in total. The minimum Gasteiger partial charge on any atom is -0.481 e. The first-order chi connectivity index (χ1) is 9.31. The van der Waals surface area contributed by atoms with Crippen molar-refractivity contribution < 1.29 is 14.6 Å². The van der Waals surface area contributed by atoms with Gasteiger partial charge < -0.3 is 15.2 Å². The molecule has 0 heterocycles. The Bertz CT molecular complexity index is 455. The number of carbonyl (C=O) groups is 1. The normalized spacial score (nSPS) is 13.9. The maximum atomic E-state index is 11.9. The molecule has 1 aromatic carbocycles. The Balaban J connectivity index is 2.76. The SMILES string of the molecule is Cc1ccc(C(C)O)c(OC(C)C(=O)NCC(C)C)c1. The quantitative estimate of drug-likeness (QED) is 0.841. The van der Waals surface area contributed by atoms with Crippen LogP contribution in [0.2, 0.25) is 0 Å². The zero-order valence-electron chi connectivity index (χ0n) is 12.9. The molecule has 2 unspecified atom stereocenters. The van der Waals surface area contributed by atoms with E-state index in [0.29, 0.717) is 23.8 Å². The number of rotatable bonds is 6.